The first-order valence-corrected chi connectivity index (χ1v) is 8.63. The number of hydrogen-bond donors (Lipinski definition) is 2. The molecule has 2 aromatic heterocycles. The van der Waals surface area contributed by atoms with E-state index >= 15 is 0 Å². The predicted octanol–water partition coefficient (Wildman–Crippen LogP) is 4.12. The highest BCUT2D eigenvalue weighted by Crippen LogP contribution is 2.18. The lowest BCUT2D eigenvalue weighted by molar-refractivity contribution is 0.101. The van der Waals surface area contributed by atoms with E-state index < -0.39 is 23.4 Å². The molecule has 4 rings (SSSR count). The van der Waals surface area contributed by atoms with Gasteiger partial charge in [-0.25, -0.2) is 13.8 Å². The highest BCUT2D eigenvalue weighted by Gasteiger charge is 2.22. The minimum Gasteiger partial charge on any atom is -0.321 e. The molecule has 0 bridgehead atoms. The monoisotopic (exact) mass is 392 g/mol. The summed E-state index contributed by atoms with van der Waals surface area (Å²) in [4.78, 5) is 29.5. The summed E-state index contributed by atoms with van der Waals surface area (Å²) in [5.41, 5.74) is 0.785. The Morgan fingerprint density at radius 1 is 0.828 bits per heavy atom. The molecule has 29 heavy (non-hydrogen) atoms. The fraction of sp³-hybridized carbons (Fsp3) is 0. The Morgan fingerprint density at radius 3 is 2.31 bits per heavy atom. The molecule has 2 aromatic carbocycles. The van der Waals surface area contributed by atoms with Crippen LogP contribution in [-0.2, 0) is 0 Å². The summed E-state index contributed by atoms with van der Waals surface area (Å²) in [5.74, 6) is -2.32. The van der Waals surface area contributed by atoms with Crippen LogP contribution in [0.2, 0.25) is 0 Å². The Labute approximate surface area is 163 Å². The Kier molecular flexibility index (Phi) is 4.74. The number of benzene rings is 2. The zero-order valence-electron chi connectivity index (χ0n) is 14.9. The van der Waals surface area contributed by atoms with E-state index in [-0.39, 0.29) is 17.2 Å². The van der Waals surface area contributed by atoms with Crippen LogP contribution in [0.4, 0.5) is 20.2 Å². The maximum atomic E-state index is 13.9. The van der Waals surface area contributed by atoms with Gasteiger partial charge in [-0.15, -0.1) is 0 Å². The van der Waals surface area contributed by atoms with Gasteiger partial charge in [-0.3, -0.25) is 14.0 Å². The third kappa shape index (κ3) is 3.68. The molecule has 4 aromatic rings. The Balaban J connectivity index is 1.67. The number of carbonyl (C=O) groups excluding carboxylic acids is 2. The van der Waals surface area contributed by atoms with Gasteiger partial charge in [-0.1, -0.05) is 18.2 Å². The van der Waals surface area contributed by atoms with Crippen molar-refractivity contribution in [3.63, 3.8) is 0 Å². The van der Waals surface area contributed by atoms with Gasteiger partial charge in [0.25, 0.3) is 11.8 Å². The summed E-state index contributed by atoms with van der Waals surface area (Å²) >= 11 is 0. The van der Waals surface area contributed by atoms with Gasteiger partial charge in [0.05, 0.1) is 11.2 Å². The first kappa shape index (κ1) is 18.3. The fourth-order valence-electron chi connectivity index (χ4n) is 2.83. The zero-order chi connectivity index (χ0) is 20.4. The van der Waals surface area contributed by atoms with Gasteiger partial charge in [0.2, 0.25) is 5.82 Å². The lowest BCUT2D eigenvalue weighted by Gasteiger charge is -2.05. The quantitative estimate of drug-likeness (QED) is 0.549. The van der Waals surface area contributed by atoms with Gasteiger partial charge >= 0.3 is 0 Å². The second-order valence-corrected chi connectivity index (χ2v) is 6.13. The highest BCUT2D eigenvalue weighted by atomic mass is 19.1. The maximum Gasteiger partial charge on any atom is 0.292 e. The van der Waals surface area contributed by atoms with Crippen molar-refractivity contribution in [2.75, 3.05) is 10.6 Å². The van der Waals surface area contributed by atoms with Crippen molar-refractivity contribution in [1.29, 1.82) is 0 Å². The molecule has 0 radical (unpaired) electrons. The molecule has 0 saturated carbocycles. The summed E-state index contributed by atoms with van der Waals surface area (Å²) in [6.45, 7) is 0. The van der Waals surface area contributed by atoms with Crippen LogP contribution in [-0.4, -0.2) is 21.2 Å². The highest BCUT2D eigenvalue weighted by molar-refractivity contribution is 6.10. The standard InChI is InChI=1S/C21H14F2N4O2/c22-13-8-10-14(11-9-13)24-20(28)18-17-7-3-4-12-27(17)19(26-18)21(29)25-16-6-2-1-5-15(16)23/h1-12H,(H,24,28)(H,25,29). The molecule has 2 amide bonds. The van der Waals surface area contributed by atoms with E-state index in [4.69, 9.17) is 0 Å². The Morgan fingerprint density at radius 2 is 1.55 bits per heavy atom. The van der Waals surface area contributed by atoms with Crippen LogP contribution in [0.15, 0.2) is 72.9 Å². The average molecular weight is 392 g/mol. The van der Waals surface area contributed by atoms with Crippen LogP contribution in [0, 0.1) is 11.6 Å². The number of aromatic nitrogens is 2. The van der Waals surface area contributed by atoms with Crippen LogP contribution >= 0.6 is 0 Å². The SMILES string of the molecule is O=C(Nc1ccc(F)cc1)c1nc(C(=O)Nc2ccccc2F)n2ccccc12. The Hall–Kier alpha value is -4.07. The fourth-order valence-corrected chi connectivity index (χ4v) is 2.83. The van der Waals surface area contributed by atoms with Gasteiger partial charge in [-0.05, 0) is 48.5 Å². The number of fused-ring (bicyclic) bond motifs is 1. The summed E-state index contributed by atoms with van der Waals surface area (Å²) in [6, 6.07) is 16.0. The van der Waals surface area contributed by atoms with E-state index in [9.17, 15) is 18.4 Å². The second-order valence-electron chi connectivity index (χ2n) is 6.13. The molecule has 6 nitrogen and oxygen atoms in total. The summed E-state index contributed by atoms with van der Waals surface area (Å²) in [6.07, 6.45) is 1.58. The molecule has 0 aliphatic carbocycles. The maximum absolute atomic E-state index is 13.9. The number of halogens is 2. The second kappa shape index (κ2) is 7.51. The number of amides is 2. The van der Waals surface area contributed by atoms with E-state index in [1.54, 1.807) is 30.5 Å². The normalized spacial score (nSPS) is 10.7. The van der Waals surface area contributed by atoms with Crippen LogP contribution in [0.25, 0.3) is 5.52 Å². The number of nitrogens with one attached hydrogen (secondary N) is 2. The summed E-state index contributed by atoms with van der Waals surface area (Å²) < 4.78 is 28.3. The molecular weight excluding hydrogens is 378 g/mol. The van der Waals surface area contributed by atoms with Gasteiger partial charge in [-0.2, -0.15) is 0 Å². The number of carbonyl (C=O) groups is 2. The van der Waals surface area contributed by atoms with Crippen LogP contribution in [0.5, 0.6) is 0 Å². The lowest BCUT2D eigenvalue weighted by atomic mass is 10.2. The van der Waals surface area contributed by atoms with Crippen molar-refractivity contribution in [3.05, 3.63) is 96.1 Å². The number of nitrogens with zero attached hydrogens (tertiary/aromatic N) is 2. The minimum absolute atomic E-state index is 0.00231. The van der Waals surface area contributed by atoms with E-state index in [1.165, 1.54) is 46.9 Å². The number of para-hydroxylation sites is 1. The van der Waals surface area contributed by atoms with E-state index in [2.05, 4.69) is 15.6 Å². The molecule has 2 heterocycles. The van der Waals surface area contributed by atoms with Gasteiger partial charge < -0.3 is 10.6 Å². The molecule has 0 atom stereocenters. The van der Waals surface area contributed by atoms with Crippen molar-refractivity contribution >= 4 is 28.7 Å². The first-order chi connectivity index (χ1) is 14.0. The van der Waals surface area contributed by atoms with E-state index in [0.717, 1.165) is 0 Å². The number of anilines is 2. The molecule has 0 saturated heterocycles. The number of pyridine rings is 1. The topological polar surface area (TPSA) is 75.5 Å². The zero-order valence-corrected chi connectivity index (χ0v) is 14.9. The molecule has 0 spiro atoms. The van der Waals surface area contributed by atoms with Crippen molar-refractivity contribution in [1.82, 2.24) is 9.38 Å². The van der Waals surface area contributed by atoms with Crippen LogP contribution in [0.1, 0.15) is 21.1 Å². The van der Waals surface area contributed by atoms with E-state index in [0.29, 0.717) is 11.2 Å². The molecule has 0 fully saturated rings. The molecular formula is C21H14F2N4O2. The third-order valence-electron chi connectivity index (χ3n) is 4.19. The Bertz CT molecular complexity index is 1220. The molecule has 0 aliphatic rings. The van der Waals surface area contributed by atoms with Crippen LogP contribution in [0.3, 0.4) is 0 Å². The molecule has 8 heteroatoms. The third-order valence-corrected chi connectivity index (χ3v) is 4.19. The first-order valence-electron chi connectivity index (χ1n) is 8.63. The predicted molar refractivity (Wildman–Crippen MR) is 104 cm³/mol. The largest absolute Gasteiger partial charge is 0.321 e. The van der Waals surface area contributed by atoms with Crippen LogP contribution < -0.4 is 10.6 Å². The molecule has 144 valence electrons. The van der Waals surface area contributed by atoms with Crippen molar-refractivity contribution in [2.24, 2.45) is 0 Å². The molecule has 2 N–H and O–H groups in total. The van der Waals surface area contributed by atoms with Crippen molar-refractivity contribution in [2.45, 2.75) is 0 Å². The van der Waals surface area contributed by atoms with Crippen molar-refractivity contribution < 1.29 is 18.4 Å². The number of hydrogen-bond acceptors (Lipinski definition) is 3. The summed E-state index contributed by atoms with van der Waals surface area (Å²) in [7, 11) is 0. The molecule has 0 unspecified atom stereocenters. The molecule has 0 aliphatic heterocycles. The van der Waals surface area contributed by atoms with Gasteiger partial charge in [0.1, 0.15) is 11.6 Å². The smallest absolute Gasteiger partial charge is 0.292 e. The number of imidazole rings is 1. The van der Waals surface area contributed by atoms with E-state index in [1.807, 2.05) is 0 Å². The van der Waals surface area contributed by atoms with Gasteiger partial charge in [0, 0.05) is 11.9 Å². The van der Waals surface area contributed by atoms with Crippen molar-refractivity contribution in [3.8, 4) is 0 Å². The van der Waals surface area contributed by atoms with Gasteiger partial charge in [0.15, 0.2) is 5.69 Å². The lowest BCUT2D eigenvalue weighted by Crippen LogP contribution is -2.17. The summed E-state index contributed by atoms with van der Waals surface area (Å²) in [5, 5.41) is 5.07. The minimum atomic E-state index is -0.669. The average Bonchev–Trinajstić information content (AvgIpc) is 3.11. The number of rotatable bonds is 4.